The molecule has 1 aliphatic rings. The van der Waals surface area contributed by atoms with Crippen molar-refractivity contribution in [1.82, 2.24) is 10.2 Å². The van der Waals surface area contributed by atoms with Gasteiger partial charge in [0.1, 0.15) is 0 Å². The predicted octanol–water partition coefficient (Wildman–Crippen LogP) is 2.21. The van der Waals surface area contributed by atoms with Gasteiger partial charge >= 0.3 is 12.1 Å². The second-order valence-corrected chi connectivity index (χ2v) is 5.74. The standard InChI is InChI=1S/C16H19F3N2O2/c1-11-4-2-3-5-12(11)10-14(22)20-13-6-8-21(9-7-13)15(23)16(17,18)19/h2-5,13H,6-10H2,1H3,(H,20,22). The van der Waals surface area contributed by atoms with E-state index < -0.39 is 12.1 Å². The van der Waals surface area contributed by atoms with Crippen LogP contribution in [0.3, 0.4) is 0 Å². The average Bonchev–Trinajstić information content (AvgIpc) is 2.49. The van der Waals surface area contributed by atoms with E-state index in [0.29, 0.717) is 12.8 Å². The number of nitrogens with zero attached hydrogens (tertiary/aromatic N) is 1. The van der Waals surface area contributed by atoms with Gasteiger partial charge in [-0.15, -0.1) is 0 Å². The van der Waals surface area contributed by atoms with Crippen molar-refractivity contribution in [1.29, 1.82) is 0 Å². The number of rotatable bonds is 3. The Morgan fingerprint density at radius 1 is 1.22 bits per heavy atom. The fourth-order valence-electron chi connectivity index (χ4n) is 2.67. The van der Waals surface area contributed by atoms with Crippen molar-refractivity contribution in [2.45, 2.75) is 38.4 Å². The summed E-state index contributed by atoms with van der Waals surface area (Å²) in [4.78, 5) is 24.0. The summed E-state index contributed by atoms with van der Waals surface area (Å²) in [6.07, 6.45) is -3.92. The molecule has 0 atom stereocenters. The highest BCUT2D eigenvalue weighted by Crippen LogP contribution is 2.21. The summed E-state index contributed by atoms with van der Waals surface area (Å²) >= 11 is 0. The lowest BCUT2D eigenvalue weighted by Gasteiger charge is -2.32. The first-order valence-electron chi connectivity index (χ1n) is 7.47. The zero-order chi connectivity index (χ0) is 17.0. The van der Waals surface area contributed by atoms with Crippen LogP contribution in [0.1, 0.15) is 24.0 Å². The Bertz CT molecular complexity index is 579. The van der Waals surface area contributed by atoms with Gasteiger partial charge in [0.2, 0.25) is 5.91 Å². The van der Waals surface area contributed by atoms with Gasteiger partial charge in [-0.25, -0.2) is 0 Å². The van der Waals surface area contributed by atoms with Crippen LogP contribution in [0.15, 0.2) is 24.3 Å². The number of hydrogen-bond acceptors (Lipinski definition) is 2. The lowest BCUT2D eigenvalue weighted by atomic mass is 10.0. The zero-order valence-corrected chi connectivity index (χ0v) is 12.8. The lowest BCUT2D eigenvalue weighted by Crippen LogP contribution is -2.50. The van der Waals surface area contributed by atoms with Crippen LogP contribution in [0.25, 0.3) is 0 Å². The van der Waals surface area contributed by atoms with Gasteiger partial charge in [-0.05, 0) is 30.9 Å². The van der Waals surface area contributed by atoms with E-state index >= 15 is 0 Å². The minimum absolute atomic E-state index is 0.00759. The molecule has 0 unspecified atom stereocenters. The molecule has 0 aliphatic carbocycles. The molecule has 0 radical (unpaired) electrons. The number of aryl methyl sites for hydroxylation is 1. The Morgan fingerprint density at radius 2 is 1.83 bits per heavy atom. The van der Waals surface area contributed by atoms with Crippen molar-refractivity contribution < 1.29 is 22.8 Å². The van der Waals surface area contributed by atoms with Gasteiger partial charge in [0.15, 0.2) is 0 Å². The van der Waals surface area contributed by atoms with Gasteiger partial charge in [-0.3, -0.25) is 9.59 Å². The molecule has 1 fully saturated rings. The molecule has 0 spiro atoms. The summed E-state index contributed by atoms with van der Waals surface area (Å²) in [7, 11) is 0. The highest BCUT2D eigenvalue weighted by atomic mass is 19.4. The highest BCUT2D eigenvalue weighted by molar-refractivity contribution is 5.82. The van der Waals surface area contributed by atoms with Crippen molar-refractivity contribution >= 4 is 11.8 Å². The minimum atomic E-state index is -4.83. The Hall–Kier alpha value is -2.05. The molecular weight excluding hydrogens is 309 g/mol. The molecule has 4 nitrogen and oxygen atoms in total. The van der Waals surface area contributed by atoms with Crippen LogP contribution in [0.5, 0.6) is 0 Å². The molecule has 7 heteroatoms. The van der Waals surface area contributed by atoms with E-state index in [4.69, 9.17) is 0 Å². The Morgan fingerprint density at radius 3 is 2.39 bits per heavy atom. The first-order valence-corrected chi connectivity index (χ1v) is 7.47. The number of hydrogen-bond donors (Lipinski definition) is 1. The van der Waals surface area contributed by atoms with Crippen LogP contribution >= 0.6 is 0 Å². The van der Waals surface area contributed by atoms with Gasteiger partial charge in [-0.1, -0.05) is 24.3 Å². The summed E-state index contributed by atoms with van der Waals surface area (Å²) in [5, 5.41) is 2.83. The average molecular weight is 328 g/mol. The normalized spacial score (nSPS) is 16.3. The molecule has 1 heterocycles. The van der Waals surface area contributed by atoms with Gasteiger partial charge in [-0.2, -0.15) is 13.2 Å². The summed E-state index contributed by atoms with van der Waals surface area (Å²) in [5.41, 5.74) is 1.95. The largest absolute Gasteiger partial charge is 0.471 e. The van der Waals surface area contributed by atoms with Crippen LogP contribution in [0, 0.1) is 6.92 Å². The van der Waals surface area contributed by atoms with E-state index in [1.54, 1.807) is 0 Å². The Kier molecular flexibility index (Phi) is 5.28. The first-order chi connectivity index (χ1) is 10.8. The quantitative estimate of drug-likeness (QED) is 0.925. The van der Waals surface area contributed by atoms with Crippen molar-refractivity contribution in [3.63, 3.8) is 0 Å². The lowest BCUT2D eigenvalue weighted by molar-refractivity contribution is -0.186. The van der Waals surface area contributed by atoms with Gasteiger partial charge in [0.25, 0.3) is 0 Å². The third-order valence-corrected chi connectivity index (χ3v) is 4.00. The number of halogens is 3. The van der Waals surface area contributed by atoms with Crippen molar-refractivity contribution in [3.05, 3.63) is 35.4 Å². The van der Waals surface area contributed by atoms with E-state index in [0.717, 1.165) is 16.0 Å². The molecule has 1 aliphatic heterocycles. The Balaban J connectivity index is 1.81. The number of nitrogens with one attached hydrogen (secondary N) is 1. The highest BCUT2D eigenvalue weighted by Gasteiger charge is 2.43. The molecule has 0 aromatic heterocycles. The second-order valence-electron chi connectivity index (χ2n) is 5.74. The van der Waals surface area contributed by atoms with Crippen molar-refractivity contribution in [2.75, 3.05) is 13.1 Å². The number of likely N-dealkylation sites (tertiary alicyclic amines) is 1. The number of alkyl halides is 3. The van der Waals surface area contributed by atoms with E-state index in [-0.39, 0.29) is 31.5 Å². The molecule has 23 heavy (non-hydrogen) atoms. The van der Waals surface area contributed by atoms with E-state index in [1.165, 1.54) is 0 Å². The number of piperidine rings is 1. The van der Waals surface area contributed by atoms with Gasteiger partial charge in [0.05, 0.1) is 6.42 Å². The topological polar surface area (TPSA) is 49.4 Å². The van der Waals surface area contributed by atoms with Crippen LogP contribution in [-0.4, -0.2) is 42.0 Å². The van der Waals surface area contributed by atoms with Crippen LogP contribution in [0.2, 0.25) is 0 Å². The molecule has 2 rings (SSSR count). The molecule has 2 amide bonds. The molecule has 1 aromatic carbocycles. The van der Waals surface area contributed by atoms with E-state index in [9.17, 15) is 22.8 Å². The number of carbonyl (C=O) groups is 2. The van der Waals surface area contributed by atoms with E-state index in [1.807, 2.05) is 31.2 Å². The third-order valence-electron chi connectivity index (χ3n) is 4.00. The fourth-order valence-corrected chi connectivity index (χ4v) is 2.67. The summed E-state index contributed by atoms with van der Waals surface area (Å²) < 4.78 is 37.1. The molecule has 0 saturated carbocycles. The summed E-state index contributed by atoms with van der Waals surface area (Å²) in [5.74, 6) is -1.96. The van der Waals surface area contributed by atoms with E-state index in [2.05, 4.69) is 5.32 Å². The maximum Gasteiger partial charge on any atom is 0.471 e. The zero-order valence-electron chi connectivity index (χ0n) is 12.8. The van der Waals surface area contributed by atoms with Crippen molar-refractivity contribution in [2.24, 2.45) is 0 Å². The number of carbonyl (C=O) groups excluding carboxylic acids is 2. The maximum absolute atomic E-state index is 12.4. The molecule has 1 N–H and O–H groups in total. The van der Waals surface area contributed by atoms with Crippen LogP contribution < -0.4 is 5.32 Å². The monoisotopic (exact) mass is 328 g/mol. The second kappa shape index (κ2) is 7.02. The summed E-state index contributed by atoms with van der Waals surface area (Å²) in [6.45, 7) is 1.94. The predicted molar refractivity (Wildman–Crippen MR) is 78.7 cm³/mol. The Labute approximate surface area is 132 Å². The fraction of sp³-hybridized carbons (Fsp3) is 0.500. The van der Waals surface area contributed by atoms with Crippen molar-refractivity contribution in [3.8, 4) is 0 Å². The molecule has 1 aromatic rings. The van der Waals surface area contributed by atoms with Crippen LogP contribution in [-0.2, 0) is 16.0 Å². The third kappa shape index (κ3) is 4.71. The van der Waals surface area contributed by atoms with Gasteiger partial charge < -0.3 is 10.2 Å². The first kappa shape index (κ1) is 17.3. The molecule has 1 saturated heterocycles. The molecule has 126 valence electrons. The minimum Gasteiger partial charge on any atom is -0.353 e. The SMILES string of the molecule is Cc1ccccc1CC(=O)NC1CCN(C(=O)C(F)(F)F)CC1. The molecule has 0 bridgehead atoms. The molecular formula is C16H19F3N2O2. The van der Waals surface area contributed by atoms with Crippen LogP contribution in [0.4, 0.5) is 13.2 Å². The smallest absolute Gasteiger partial charge is 0.353 e. The maximum atomic E-state index is 12.4. The summed E-state index contributed by atoms with van der Waals surface area (Å²) in [6, 6.07) is 7.36. The van der Waals surface area contributed by atoms with Gasteiger partial charge in [0, 0.05) is 19.1 Å². The number of benzene rings is 1. The number of amides is 2.